The number of benzene rings is 2. The number of hydrogen-bond donors (Lipinski definition) is 1. The van der Waals surface area contributed by atoms with Gasteiger partial charge in [-0.1, -0.05) is 66.6 Å². The highest BCUT2D eigenvalue weighted by Gasteiger charge is 2.23. The normalized spacial score (nSPS) is 17.2. The van der Waals surface area contributed by atoms with Gasteiger partial charge in [0.15, 0.2) is 5.78 Å². The summed E-state index contributed by atoms with van der Waals surface area (Å²) in [7, 11) is 0. The number of likely N-dealkylation sites (tertiary alicyclic amines) is 1. The molecule has 150 valence electrons. The van der Waals surface area contributed by atoms with Gasteiger partial charge in [-0.05, 0) is 38.4 Å². The quantitative estimate of drug-likeness (QED) is 0.674. The number of aliphatic hydroxyl groups is 1. The number of ketones is 1. The number of nitrogens with zero attached hydrogens (tertiary/aromatic N) is 1. The van der Waals surface area contributed by atoms with Gasteiger partial charge in [-0.3, -0.25) is 4.79 Å². The summed E-state index contributed by atoms with van der Waals surface area (Å²) < 4.78 is 5.98. The summed E-state index contributed by atoms with van der Waals surface area (Å²) >= 11 is 0. The van der Waals surface area contributed by atoms with Crippen LogP contribution in [0.4, 0.5) is 0 Å². The van der Waals surface area contributed by atoms with Crippen LogP contribution < -0.4 is 0 Å². The predicted molar refractivity (Wildman–Crippen MR) is 112 cm³/mol. The third-order valence-electron chi connectivity index (χ3n) is 5.26. The van der Waals surface area contributed by atoms with Crippen LogP contribution in [0.15, 0.2) is 54.6 Å². The molecule has 0 saturated carbocycles. The monoisotopic (exact) mass is 381 g/mol. The Balaban J connectivity index is 1.64. The number of hydrogen-bond acceptors (Lipinski definition) is 4. The van der Waals surface area contributed by atoms with Crippen LogP contribution in [0.5, 0.6) is 0 Å². The van der Waals surface area contributed by atoms with Crippen LogP contribution in [-0.4, -0.2) is 54.2 Å². The number of rotatable bonds is 9. The Bertz CT molecular complexity index is 741. The standard InChI is InChI=1S/C24H31NO3/c1-19-9-8-10-20(15-19)16-23(24(27)21-11-4-2-5-12-21)28-18-22(26)17-25-13-6-3-7-14-25/h2,4-5,8-12,15,22-23,26H,3,6-7,13-14,16-18H2,1H3. The van der Waals surface area contributed by atoms with Crippen molar-refractivity contribution < 1.29 is 14.6 Å². The van der Waals surface area contributed by atoms with Gasteiger partial charge in [-0.15, -0.1) is 0 Å². The van der Waals surface area contributed by atoms with E-state index < -0.39 is 12.2 Å². The van der Waals surface area contributed by atoms with Gasteiger partial charge in [0.1, 0.15) is 6.10 Å². The minimum atomic E-state index is -0.597. The van der Waals surface area contributed by atoms with Crippen molar-refractivity contribution in [2.24, 2.45) is 0 Å². The Morgan fingerprint density at radius 3 is 2.54 bits per heavy atom. The maximum Gasteiger partial charge on any atom is 0.191 e. The smallest absolute Gasteiger partial charge is 0.191 e. The van der Waals surface area contributed by atoms with Crippen LogP contribution in [0.25, 0.3) is 0 Å². The predicted octanol–water partition coefficient (Wildman–Crippen LogP) is 3.65. The number of ether oxygens (including phenoxy) is 1. The number of carbonyl (C=O) groups excluding carboxylic acids is 1. The number of Topliss-reactive ketones (excluding diaryl/α,β-unsaturated/α-hetero) is 1. The van der Waals surface area contributed by atoms with Gasteiger partial charge in [-0.2, -0.15) is 0 Å². The lowest BCUT2D eigenvalue weighted by Crippen LogP contribution is -2.39. The molecule has 2 aromatic rings. The maximum atomic E-state index is 13.0. The molecule has 1 aliphatic rings. The zero-order valence-corrected chi connectivity index (χ0v) is 16.7. The zero-order chi connectivity index (χ0) is 19.8. The summed E-state index contributed by atoms with van der Waals surface area (Å²) in [6.07, 6.45) is 2.98. The molecule has 3 rings (SSSR count). The molecule has 4 heteroatoms. The van der Waals surface area contributed by atoms with E-state index in [-0.39, 0.29) is 12.4 Å². The first-order chi connectivity index (χ1) is 13.6. The lowest BCUT2D eigenvalue weighted by molar-refractivity contribution is -0.0151. The van der Waals surface area contributed by atoms with E-state index in [1.807, 2.05) is 55.5 Å². The topological polar surface area (TPSA) is 49.8 Å². The molecule has 0 amide bonds. The molecule has 1 N–H and O–H groups in total. The Morgan fingerprint density at radius 2 is 1.82 bits per heavy atom. The number of β-amino-alcohol motifs (C(OH)–C–C–N with tert-alkyl or cyclic N) is 1. The van der Waals surface area contributed by atoms with Crippen LogP contribution in [0.1, 0.15) is 40.7 Å². The van der Waals surface area contributed by atoms with Crippen molar-refractivity contribution in [2.45, 2.75) is 44.8 Å². The van der Waals surface area contributed by atoms with E-state index in [0.29, 0.717) is 18.5 Å². The second kappa shape index (κ2) is 10.5. The average molecular weight is 382 g/mol. The Labute approximate surface area is 168 Å². The molecule has 1 aliphatic heterocycles. The van der Waals surface area contributed by atoms with Crippen molar-refractivity contribution in [1.82, 2.24) is 4.90 Å². The Hall–Kier alpha value is -2.01. The summed E-state index contributed by atoms with van der Waals surface area (Å²) in [6, 6.07) is 17.4. The molecule has 1 saturated heterocycles. The summed E-state index contributed by atoms with van der Waals surface area (Å²) in [4.78, 5) is 15.3. The van der Waals surface area contributed by atoms with Gasteiger partial charge in [0.05, 0.1) is 12.7 Å². The molecule has 0 aromatic heterocycles. The SMILES string of the molecule is Cc1cccc(CC(OCC(O)CN2CCCCC2)C(=O)c2ccccc2)c1. The number of carbonyl (C=O) groups is 1. The van der Waals surface area contributed by atoms with Crippen molar-refractivity contribution in [1.29, 1.82) is 0 Å². The van der Waals surface area contributed by atoms with E-state index in [0.717, 1.165) is 24.2 Å². The van der Waals surface area contributed by atoms with Crippen molar-refractivity contribution in [3.05, 3.63) is 71.3 Å². The molecule has 28 heavy (non-hydrogen) atoms. The fourth-order valence-corrected chi connectivity index (χ4v) is 3.79. The third-order valence-corrected chi connectivity index (χ3v) is 5.26. The van der Waals surface area contributed by atoms with E-state index in [4.69, 9.17) is 4.74 Å². The van der Waals surface area contributed by atoms with Crippen LogP contribution in [0.3, 0.4) is 0 Å². The lowest BCUT2D eigenvalue weighted by Gasteiger charge is -2.29. The van der Waals surface area contributed by atoms with Gasteiger partial charge >= 0.3 is 0 Å². The van der Waals surface area contributed by atoms with Crippen molar-refractivity contribution in [2.75, 3.05) is 26.2 Å². The molecule has 1 heterocycles. The summed E-state index contributed by atoms with van der Waals surface area (Å²) in [5.41, 5.74) is 2.87. The molecule has 0 radical (unpaired) electrons. The molecular weight excluding hydrogens is 350 g/mol. The first kappa shape index (κ1) is 20.7. The van der Waals surface area contributed by atoms with Crippen molar-refractivity contribution >= 4 is 5.78 Å². The minimum Gasteiger partial charge on any atom is -0.389 e. The highest BCUT2D eigenvalue weighted by Crippen LogP contribution is 2.15. The zero-order valence-electron chi connectivity index (χ0n) is 16.7. The van der Waals surface area contributed by atoms with Crippen LogP contribution in [0.2, 0.25) is 0 Å². The maximum absolute atomic E-state index is 13.0. The minimum absolute atomic E-state index is 0.0349. The molecule has 0 bridgehead atoms. The van der Waals surface area contributed by atoms with Crippen LogP contribution >= 0.6 is 0 Å². The summed E-state index contributed by atoms with van der Waals surface area (Å²) in [5.74, 6) is -0.0349. The molecule has 2 unspecified atom stereocenters. The molecule has 0 spiro atoms. The number of aliphatic hydroxyl groups excluding tert-OH is 1. The van der Waals surface area contributed by atoms with Gasteiger partial charge in [0, 0.05) is 18.5 Å². The van der Waals surface area contributed by atoms with E-state index in [1.165, 1.54) is 19.3 Å². The highest BCUT2D eigenvalue weighted by atomic mass is 16.5. The lowest BCUT2D eigenvalue weighted by atomic mass is 9.99. The van der Waals surface area contributed by atoms with Crippen LogP contribution in [-0.2, 0) is 11.2 Å². The van der Waals surface area contributed by atoms with E-state index in [1.54, 1.807) is 0 Å². The first-order valence-corrected chi connectivity index (χ1v) is 10.3. The van der Waals surface area contributed by atoms with Gasteiger partial charge in [0.2, 0.25) is 0 Å². The summed E-state index contributed by atoms with van der Waals surface area (Å²) in [6.45, 7) is 4.89. The van der Waals surface area contributed by atoms with Crippen molar-refractivity contribution in [3.63, 3.8) is 0 Å². The fourth-order valence-electron chi connectivity index (χ4n) is 3.79. The number of piperidine rings is 1. The van der Waals surface area contributed by atoms with E-state index in [9.17, 15) is 9.90 Å². The molecule has 4 nitrogen and oxygen atoms in total. The van der Waals surface area contributed by atoms with Crippen molar-refractivity contribution in [3.8, 4) is 0 Å². The average Bonchev–Trinajstić information content (AvgIpc) is 2.72. The molecular formula is C24H31NO3. The largest absolute Gasteiger partial charge is 0.389 e. The molecule has 0 aliphatic carbocycles. The highest BCUT2D eigenvalue weighted by molar-refractivity contribution is 5.99. The van der Waals surface area contributed by atoms with E-state index in [2.05, 4.69) is 11.0 Å². The third kappa shape index (κ3) is 6.26. The Kier molecular flexibility index (Phi) is 7.78. The number of aryl methyl sites for hydroxylation is 1. The Morgan fingerprint density at radius 1 is 1.07 bits per heavy atom. The second-order valence-electron chi connectivity index (χ2n) is 7.76. The first-order valence-electron chi connectivity index (χ1n) is 10.3. The second-order valence-corrected chi connectivity index (χ2v) is 7.76. The van der Waals surface area contributed by atoms with E-state index >= 15 is 0 Å². The molecule has 2 aromatic carbocycles. The molecule has 1 fully saturated rings. The van der Waals surface area contributed by atoms with Gasteiger partial charge in [-0.25, -0.2) is 0 Å². The molecule has 2 atom stereocenters. The fraction of sp³-hybridized carbons (Fsp3) is 0.458. The summed E-state index contributed by atoms with van der Waals surface area (Å²) in [5, 5.41) is 10.4. The van der Waals surface area contributed by atoms with Crippen LogP contribution in [0, 0.1) is 6.92 Å². The van der Waals surface area contributed by atoms with Gasteiger partial charge < -0.3 is 14.7 Å². The van der Waals surface area contributed by atoms with Gasteiger partial charge in [0.25, 0.3) is 0 Å².